The van der Waals surface area contributed by atoms with E-state index in [-0.39, 0.29) is 18.1 Å². The van der Waals surface area contributed by atoms with Gasteiger partial charge in [-0.25, -0.2) is 4.68 Å². The lowest BCUT2D eigenvalue weighted by atomic mass is 9.77. The molecule has 0 radical (unpaired) electrons. The van der Waals surface area contributed by atoms with Gasteiger partial charge in [-0.15, -0.1) is 5.10 Å². The molecule has 4 atom stereocenters. The molecule has 0 N–H and O–H groups in total. The summed E-state index contributed by atoms with van der Waals surface area (Å²) in [6.07, 6.45) is 8.24. The highest BCUT2D eigenvalue weighted by atomic mass is 16.5. The molecule has 31 heavy (non-hydrogen) atoms. The van der Waals surface area contributed by atoms with Gasteiger partial charge in [-0.05, 0) is 62.5 Å². The van der Waals surface area contributed by atoms with Crippen molar-refractivity contribution in [3.8, 4) is 0 Å². The van der Waals surface area contributed by atoms with Gasteiger partial charge in [0.15, 0.2) is 0 Å². The minimum atomic E-state index is 0.0806. The lowest BCUT2D eigenvalue weighted by Gasteiger charge is -2.37. The third-order valence-electron chi connectivity index (χ3n) is 6.96. The van der Waals surface area contributed by atoms with Crippen LogP contribution in [0.25, 0.3) is 0 Å². The average Bonchev–Trinajstić information content (AvgIpc) is 3.33. The predicted molar refractivity (Wildman–Crippen MR) is 113 cm³/mol. The second-order valence-electron chi connectivity index (χ2n) is 9.40. The normalized spacial score (nSPS) is 28.0. The van der Waals surface area contributed by atoms with Crippen LogP contribution in [-0.2, 0) is 16.1 Å². The Kier molecular flexibility index (Phi) is 5.75. The van der Waals surface area contributed by atoms with Crippen LogP contribution >= 0.6 is 0 Å². The monoisotopic (exact) mass is 425 g/mol. The van der Waals surface area contributed by atoms with Crippen molar-refractivity contribution >= 4 is 5.91 Å². The highest BCUT2D eigenvalue weighted by Gasteiger charge is 2.45. The number of aryl methyl sites for hydroxylation is 1. The molecule has 166 valence electrons. The minimum Gasteiger partial charge on any atom is -0.378 e. The van der Waals surface area contributed by atoms with Gasteiger partial charge in [-0.1, -0.05) is 5.21 Å². The Bertz CT molecular complexity index is 910. The van der Waals surface area contributed by atoms with Gasteiger partial charge in [-0.3, -0.25) is 9.78 Å². The molecule has 5 rings (SSSR count). The number of fused-ring (bicyclic) bond motifs is 1. The fraction of sp³-hybridized carbons (Fsp3) is 0.652. The molecule has 2 saturated carbocycles. The Morgan fingerprint density at radius 3 is 2.71 bits per heavy atom. The smallest absolute Gasteiger partial charge is 0.255 e. The predicted octanol–water partition coefficient (Wildman–Crippen LogP) is 2.65. The van der Waals surface area contributed by atoms with E-state index in [0.717, 1.165) is 43.9 Å². The van der Waals surface area contributed by atoms with E-state index in [4.69, 9.17) is 9.47 Å². The number of carbonyl (C=O) groups excluding carboxylic acids is 1. The highest BCUT2D eigenvalue weighted by Crippen LogP contribution is 2.43. The van der Waals surface area contributed by atoms with Gasteiger partial charge in [0.05, 0.1) is 30.5 Å². The maximum Gasteiger partial charge on any atom is 0.255 e. The SMILES string of the molecule is COCc1cn([C@@H]2C[C@@H]3CN(C(=O)c4ccc(C)nc4)C[C@@H]3C[C@H]2OCC2CC2)nn1. The van der Waals surface area contributed by atoms with E-state index in [2.05, 4.69) is 15.3 Å². The summed E-state index contributed by atoms with van der Waals surface area (Å²) in [5.74, 6) is 1.71. The molecule has 1 saturated heterocycles. The first-order valence-corrected chi connectivity index (χ1v) is 11.3. The number of rotatable bonds is 7. The summed E-state index contributed by atoms with van der Waals surface area (Å²) in [6.45, 7) is 4.79. The zero-order chi connectivity index (χ0) is 21.4. The number of nitrogens with zero attached hydrogens (tertiary/aromatic N) is 5. The van der Waals surface area contributed by atoms with E-state index in [0.29, 0.717) is 29.9 Å². The molecule has 1 aliphatic heterocycles. The molecule has 2 aromatic rings. The molecule has 3 heterocycles. The fourth-order valence-corrected chi connectivity index (χ4v) is 5.02. The van der Waals surface area contributed by atoms with Crippen molar-refractivity contribution in [2.24, 2.45) is 17.8 Å². The quantitative estimate of drug-likeness (QED) is 0.678. The third kappa shape index (κ3) is 4.50. The molecule has 8 nitrogen and oxygen atoms in total. The molecule has 8 heteroatoms. The second kappa shape index (κ2) is 8.67. The summed E-state index contributed by atoms with van der Waals surface area (Å²) in [6, 6.07) is 3.93. The molecular formula is C23H31N5O3. The van der Waals surface area contributed by atoms with Crippen LogP contribution in [0.1, 0.15) is 53.5 Å². The van der Waals surface area contributed by atoms with Crippen LogP contribution in [0.5, 0.6) is 0 Å². The molecule has 3 aliphatic rings. The van der Waals surface area contributed by atoms with Crippen LogP contribution in [0.15, 0.2) is 24.5 Å². The molecule has 1 amide bonds. The standard InChI is InChI=1S/C23H31N5O3/c1-15-3-6-17(9-24-15)23(29)27-10-18-7-21(28-12-20(14-30-2)25-26-28)22(8-19(18)11-27)31-13-16-4-5-16/h3,6,9,12,16,18-19,21-22H,4-5,7-8,10-11,13-14H2,1-2H3/t18-,19+,21-,22-/m1/s1. The summed E-state index contributed by atoms with van der Waals surface area (Å²) >= 11 is 0. The van der Waals surface area contributed by atoms with Crippen molar-refractivity contribution in [1.82, 2.24) is 24.9 Å². The van der Waals surface area contributed by atoms with E-state index in [9.17, 15) is 4.79 Å². The number of aromatic nitrogens is 4. The summed E-state index contributed by atoms with van der Waals surface area (Å²) in [7, 11) is 1.67. The fourth-order valence-electron chi connectivity index (χ4n) is 5.02. The topological polar surface area (TPSA) is 82.4 Å². The Morgan fingerprint density at radius 2 is 2.00 bits per heavy atom. The lowest BCUT2D eigenvalue weighted by molar-refractivity contribution is -0.0375. The number of pyridine rings is 1. The minimum absolute atomic E-state index is 0.0806. The average molecular weight is 426 g/mol. The molecule has 2 aliphatic carbocycles. The first-order chi connectivity index (χ1) is 15.1. The molecule has 0 bridgehead atoms. The van der Waals surface area contributed by atoms with Gasteiger partial charge < -0.3 is 14.4 Å². The molecular weight excluding hydrogens is 394 g/mol. The van der Waals surface area contributed by atoms with Gasteiger partial charge in [0.1, 0.15) is 5.69 Å². The van der Waals surface area contributed by atoms with Crippen LogP contribution in [0, 0.1) is 24.7 Å². The number of likely N-dealkylation sites (tertiary alicyclic amines) is 1. The van der Waals surface area contributed by atoms with E-state index in [1.54, 1.807) is 13.3 Å². The number of hydrogen-bond donors (Lipinski definition) is 0. The van der Waals surface area contributed by atoms with Crippen molar-refractivity contribution in [2.75, 3.05) is 26.8 Å². The summed E-state index contributed by atoms with van der Waals surface area (Å²) in [5.41, 5.74) is 2.43. The number of hydrogen-bond acceptors (Lipinski definition) is 6. The zero-order valence-electron chi connectivity index (χ0n) is 18.3. The van der Waals surface area contributed by atoms with Crippen molar-refractivity contribution < 1.29 is 14.3 Å². The maximum absolute atomic E-state index is 13.0. The van der Waals surface area contributed by atoms with Gasteiger partial charge >= 0.3 is 0 Å². The van der Waals surface area contributed by atoms with Gasteiger partial charge in [0, 0.05) is 38.7 Å². The molecule has 0 unspecified atom stereocenters. The third-order valence-corrected chi connectivity index (χ3v) is 6.96. The first kappa shape index (κ1) is 20.6. The largest absolute Gasteiger partial charge is 0.378 e. The van der Waals surface area contributed by atoms with Gasteiger partial charge in [0.25, 0.3) is 5.91 Å². The summed E-state index contributed by atoms with van der Waals surface area (Å²) in [5, 5.41) is 8.65. The van der Waals surface area contributed by atoms with Crippen LogP contribution in [0.4, 0.5) is 0 Å². The van der Waals surface area contributed by atoms with Crippen molar-refractivity contribution in [3.63, 3.8) is 0 Å². The first-order valence-electron chi connectivity index (χ1n) is 11.3. The molecule has 2 aromatic heterocycles. The Labute approximate surface area is 182 Å². The van der Waals surface area contributed by atoms with Crippen LogP contribution in [0.2, 0.25) is 0 Å². The number of ether oxygens (including phenoxy) is 2. The second-order valence-corrected chi connectivity index (χ2v) is 9.40. The molecule has 3 fully saturated rings. The Balaban J connectivity index is 1.31. The zero-order valence-corrected chi connectivity index (χ0v) is 18.3. The number of amides is 1. The van der Waals surface area contributed by atoms with Crippen LogP contribution < -0.4 is 0 Å². The van der Waals surface area contributed by atoms with Crippen molar-refractivity contribution in [1.29, 1.82) is 0 Å². The number of methoxy groups -OCH3 is 1. The van der Waals surface area contributed by atoms with Crippen LogP contribution in [-0.4, -0.2) is 63.7 Å². The molecule has 0 spiro atoms. The van der Waals surface area contributed by atoms with E-state index in [1.807, 2.05) is 34.8 Å². The van der Waals surface area contributed by atoms with E-state index < -0.39 is 0 Å². The number of carbonyl (C=O) groups is 1. The van der Waals surface area contributed by atoms with Crippen LogP contribution in [0.3, 0.4) is 0 Å². The molecule has 0 aromatic carbocycles. The Hall–Kier alpha value is -2.32. The van der Waals surface area contributed by atoms with Crippen molar-refractivity contribution in [3.05, 3.63) is 41.5 Å². The van der Waals surface area contributed by atoms with Gasteiger partial charge in [0.2, 0.25) is 0 Å². The summed E-state index contributed by atoms with van der Waals surface area (Å²) in [4.78, 5) is 19.3. The summed E-state index contributed by atoms with van der Waals surface area (Å²) < 4.78 is 13.6. The highest BCUT2D eigenvalue weighted by molar-refractivity contribution is 5.94. The maximum atomic E-state index is 13.0. The van der Waals surface area contributed by atoms with E-state index in [1.165, 1.54) is 12.8 Å². The lowest BCUT2D eigenvalue weighted by Crippen LogP contribution is -2.38. The van der Waals surface area contributed by atoms with Crippen molar-refractivity contribution in [2.45, 2.75) is 51.4 Å². The van der Waals surface area contributed by atoms with E-state index >= 15 is 0 Å². The Morgan fingerprint density at radius 1 is 1.19 bits per heavy atom. The van der Waals surface area contributed by atoms with Gasteiger partial charge in [-0.2, -0.15) is 0 Å².